The normalized spacial score (nSPS) is 9.78. The van der Waals surface area contributed by atoms with E-state index in [2.05, 4.69) is 0 Å². The first-order valence-electron chi connectivity index (χ1n) is 5.21. The summed E-state index contributed by atoms with van der Waals surface area (Å²) < 4.78 is 0. The van der Waals surface area contributed by atoms with Crippen molar-refractivity contribution >= 4 is 23.1 Å². The second kappa shape index (κ2) is 4.91. The molecule has 0 aliphatic rings. The Morgan fingerprint density at radius 2 is 1.83 bits per heavy atom. The second-order valence-electron chi connectivity index (χ2n) is 3.75. The van der Waals surface area contributed by atoms with Gasteiger partial charge in [0.1, 0.15) is 0 Å². The molecule has 0 fully saturated rings. The molecule has 0 aliphatic heterocycles. The van der Waals surface area contributed by atoms with E-state index in [0.717, 1.165) is 0 Å². The van der Waals surface area contributed by atoms with E-state index in [-0.39, 0.29) is 5.78 Å². The first-order chi connectivity index (χ1) is 8.61. The monoisotopic (exact) mass is 256 g/mol. The molecule has 2 rings (SSSR count). The number of nitrogen functional groups attached to an aromatic ring is 1. The maximum atomic E-state index is 12.2. The fourth-order valence-electron chi connectivity index (χ4n) is 1.58. The third-order valence-corrected chi connectivity index (χ3v) is 2.79. The van der Waals surface area contributed by atoms with Gasteiger partial charge < -0.3 is 5.73 Å². The quantitative estimate of drug-likeness (QED) is 0.663. The average Bonchev–Trinajstić information content (AvgIpc) is 2.39. The molecule has 0 atom stereocenters. The maximum absolute atomic E-state index is 12.2. The largest absolute Gasteiger partial charge is 0.398 e. The highest BCUT2D eigenvalue weighted by atomic mass is 35.5. The zero-order valence-corrected chi connectivity index (χ0v) is 10.1. The Morgan fingerprint density at radius 3 is 2.44 bits per heavy atom. The number of nitrogens with zero attached hydrogens (tertiary/aromatic N) is 1. The van der Waals surface area contributed by atoms with Gasteiger partial charge in [0.05, 0.1) is 11.6 Å². The van der Waals surface area contributed by atoms with Gasteiger partial charge in [-0.15, -0.1) is 0 Å². The van der Waals surface area contributed by atoms with Crippen LogP contribution in [0.2, 0.25) is 5.02 Å². The number of benzene rings is 2. The summed E-state index contributed by atoms with van der Waals surface area (Å²) in [5, 5.41) is 9.38. The van der Waals surface area contributed by atoms with Crippen LogP contribution in [0.1, 0.15) is 21.5 Å². The van der Waals surface area contributed by atoms with Crippen LogP contribution in [0.3, 0.4) is 0 Å². The summed E-state index contributed by atoms with van der Waals surface area (Å²) in [4.78, 5) is 12.2. The second-order valence-corrected chi connectivity index (χ2v) is 4.19. The molecule has 3 nitrogen and oxygen atoms in total. The molecule has 0 aromatic heterocycles. The SMILES string of the molecule is N#Cc1ccc(N)c(C(=O)c2ccc(Cl)cc2)c1. The van der Waals surface area contributed by atoms with Gasteiger partial charge in [0.2, 0.25) is 0 Å². The number of ketones is 1. The minimum absolute atomic E-state index is 0.221. The lowest BCUT2D eigenvalue weighted by Crippen LogP contribution is -2.05. The van der Waals surface area contributed by atoms with E-state index in [9.17, 15) is 4.79 Å². The minimum atomic E-state index is -0.221. The van der Waals surface area contributed by atoms with Gasteiger partial charge >= 0.3 is 0 Å². The van der Waals surface area contributed by atoms with Crippen molar-refractivity contribution in [3.05, 3.63) is 64.2 Å². The Morgan fingerprint density at radius 1 is 1.17 bits per heavy atom. The highest BCUT2D eigenvalue weighted by Gasteiger charge is 2.13. The molecule has 0 bridgehead atoms. The number of rotatable bonds is 2. The molecule has 0 heterocycles. The first-order valence-corrected chi connectivity index (χ1v) is 5.59. The molecule has 88 valence electrons. The van der Waals surface area contributed by atoms with Gasteiger partial charge in [0, 0.05) is 21.8 Å². The lowest BCUT2D eigenvalue weighted by Gasteiger charge is -2.05. The van der Waals surface area contributed by atoms with Crippen molar-refractivity contribution in [1.82, 2.24) is 0 Å². The lowest BCUT2D eigenvalue weighted by atomic mass is 10.00. The smallest absolute Gasteiger partial charge is 0.195 e. The van der Waals surface area contributed by atoms with Crippen molar-refractivity contribution in [1.29, 1.82) is 5.26 Å². The van der Waals surface area contributed by atoms with Crippen LogP contribution < -0.4 is 5.73 Å². The molecule has 18 heavy (non-hydrogen) atoms. The van der Waals surface area contributed by atoms with E-state index in [4.69, 9.17) is 22.6 Å². The third kappa shape index (κ3) is 2.34. The van der Waals surface area contributed by atoms with Crippen LogP contribution in [-0.4, -0.2) is 5.78 Å². The predicted molar refractivity (Wildman–Crippen MR) is 70.5 cm³/mol. The van der Waals surface area contributed by atoms with E-state index in [0.29, 0.717) is 27.4 Å². The van der Waals surface area contributed by atoms with E-state index in [1.54, 1.807) is 36.4 Å². The van der Waals surface area contributed by atoms with Crippen molar-refractivity contribution in [2.75, 3.05) is 5.73 Å². The number of halogens is 1. The zero-order chi connectivity index (χ0) is 13.1. The molecule has 4 heteroatoms. The molecule has 2 aromatic rings. The summed E-state index contributed by atoms with van der Waals surface area (Å²) >= 11 is 5.76. The Hall–Kier alpha value is -2.31. The Labute approximate surface area is 109 Å². The van der Waals surface area contributed by atoms with Crippen molar-refractivity contribution in [3.63, 3.8) is 0 Å². The Kier molecular flexibility index (Phi) is 3.31. The van der Waals surface area contributed by atoms with Gasteiger partial charge in [-0.2, -0.15) is 5.26 Å². The number of hydrogen-bond donors (Lipinski definition) is 1. The van der Waals surface area contributed by atoms with Crippen molar-refractivity contribution < 1.29 is 4.79 Å². The number of carbonyl (C=O) groups is 1. The van der Waals surface area contributed by atoms with E-state index in [1.165, 1.54) is 6.07 Å². The average molecular weight is 257 g/mol. The molecule has 0 saturated heterocycles. The Bertz CT molecular complexity index is 642. The van der Waals surface area contributed by atoms with Gasteiger partial charge in [-0.05, 0) is 42.5 Å². The van der Waals surface area contributed by atoms with Gasteiger partial charge in [0.15, 0.2) is 5.78 Å². The molecule has 2 N–H and O–H groups in total. The molecule has 0 saturated carbocycles. The summed E-state index contributed by atoms with van der Waals surface area (Å²) in [6.45, 7) is 0. The van der Waals surface area contributed by atoms with Crippen LogP contribution in [0.5, 0.6) is 0 Å². The van der Waals surface area contributed by atoms with Crippen LogP contribution in [0.4, 0.5) is 5.69 Å². The molecular formula is C14H9ClN2O. The van der Waals surface area contributed by atoms with E-state index < -0.39 is 0 Å². The van der Waals surface area contributed by atoms with Gasteiger partial charge in [0.25, 0.3) is 0 Å². The number of nitrogens with two attached hydrogens (primary N) is 1. The van der Waals surface area contributed by atoms with Crippen LogP contribution in [0.15, 0.2) is 42.5 Å². The standard InChI is InChI=1S/C14H9ClN2O/c15-11-4-2-10(3-5-11)14(18)12-7-9(8-16)1-6-13(12)17/h1-7H,17H2. The molecule has 0 unspecified atom stereocenters. The Balaban J connectivity index is 2.46. The fraction of sp³-hybridized carbons (Fsp3) is 0. The topological polar surface area (TPSA) is 66.9 Å². The predicted octanol–water partition coefficient (Wildman–Crippen LogP) is 3.02. The van der Waals surface area contributed by atoms with Gasteiger partial charge in [-0.3, -0.25) is 4.79 Å². The third-order valence-electron chi connectivity index (χ3n) is 2.53. The molecule has 0 aliphatic carbocycles. The zero-order valence-electron chi connectivity index (χ0n) is 9.35. The summed E-state index contributed by atoms with van der Waals surface area (Å²) in [5.41, 5.74) is 7.33. The molecule has 0 radical (unpaired) electrons. The van der Waals surface area contributed by atoms with Gasteiger partial charge in [-0.25, -0.2) is 0 Å². The summed E-state index contributed by atoms with van der Waals surface area (Å²) in [6, 6.07) is 13.1. The number of anilines is 1. The molecule has 0 amide bonds. The van der Waals surface area contributed by atoms with Crippen LogP contribution in [-0.2, 0) is 0 Å². The van der Waals surface area contributed by atoms with Crippen LogP contribution in [0, 0.1) is 11.3 Å². The summed E-state index contributed by atoms with van der Waals surface area (Å²) in [6.07, 6.45) is 0. The minimum Gasteiger partial charge on any atom is -0.398 e. The number of nitriles is 1. The van der Waals surface area contributed by atoms with Crippen molar-refractivity contribution in [3.8, 4) is 6.07 Å². The van der Waals surface area contributed by atoms with E-state index >= 15 is 0 Å². The highest BCUT2D eigenvalue weighted by Crippen LogP contribution is 2.19. The van der Waals surface area contributed by atoms with Crippen molar-refractivity contribution in [2.45, 2.75) is 0 Å². The van der Waals surface area contributed by atoms with Crippen LogP contribution >= 0.6 is 11.6 Å². The summed E-state index contributed by atoms with van der Waals surface area (Å²) in [5.74, 6) is -0.221. The first kappa shape index (κ1) is 12.2. The maximum Gasteiger partial charge on any atom is 0.195 e. The number of hydrogen-bond acceptors (Lipinski definition) is 3. The van der Waals surface area contributed by atoms with Gasteiger partial charge in [-0.1, -0.05) is 11.6 Å². The number of carbonyl (C=O) groups excluding carboxylic acids is 1. The van der Waals surface area contributed by atoms with Crippen LogP contribution in [0.25, 0.3) is 0 Å². The molecule has 2 aromatic carbocycles. The highest BCUT2D eigenvalue weighted by molar-refractivity contribution is 6.30. The lowest BCUT2D eigenvalue weighted by molar-refractivity contribution is 0.103. The summed E-state index contributed by atoms with van der Waals surface area (Å²) in [7, 11) is 0. The fourth-order valence-corrected chi connectivity index (χ4v) is 1.71. The van der Waals surface area contributed by atoms with E-state index in [1.807, 2.05) is 6.07 Å². The van der Waals surface area contributed by atoms with Crippen molar-refractivity contribution in [2.24, 2.45) is 0 Å². The molecule has 0 spiro atoms. The molecular weight excluding hydrogens is 248 g/mol.